The van der Waals surface area contributed by atoms with Crippen molar-refractivity contribution in [1.29, 1.82) is 0 Å². The standard InChI is InChI=1S/C13H14N2O/c1-4-15-12(10(2)14(3)13(15)16)11-8-6-5-7-9-11/h1,5-10,12H,2-3H3/t10-,12-/m0/s1. The number of carbonyl (C=O) groups excluding carboxylic acids is 1. The molecule has 0 bridgehead atoms. The minimum Gasteiger partial charge on any atom is -0.322 e. The molecule has 0 aromatic heterocycles. The summed E-state index contributed by atoms with van der Waals surface area (Å²) in [6, 6.07) is 12.3. The molecule has 16 heavy (non-hydrogen) atoms. The molecule has 1 aliphatic rings. The summed E-state index contributed by atoms with van der Waals surface area (Å²) < 4.78 is 0. The summed E-state index contributed by atoms with van der Waals surface area (Å²) in [5, 5.41) is 0. The Hall–Kier alpha value is -1.95. The normalized spacial score (nSPS) is 24.7. The van der Waals surface area contributed by atoms with Gasteiger partial charge in [0.1, 0.15) is 0 Å². The van der Waals surface area contributed by atoms with E-state index in [1.54, 1.807) is 11.9 Å². The molecular formula is C13H14N2O. The smallest absolute Gasteiger partial charge is 0.322 e. The molecule has 82 valence electrons. The minimum absolute atomic E-state index is 0.0521. The summed E-state index contributed by atoms with van der Waals surface area (Å²) in [4.78, 5) is 15.0. The molecule has 1 aliphatic heterocycles. The second-order valence-corrected chi connectivity index (χ2v) is 3.99. The van der Waals surface area contributed by atoms with Crippen LogP contribution in [-0.4, -0.2) is 28.9 Å². The number of likely N-dealkylation sites (N-methyl/N-ethyl adjacent to an activating group) is 1. The Kier molecular flexibility index (Phi) is 2.57. The van der Waals surface area contributed by atoms with Gasteiger partial charge in [-0.25, -0.2) is 9.69 Å². The van der Waals surface area contributed by atoms with Crippen molar-refractivity contribution in [2.45, 2.75) is 19.0 Å². The van der Waals surface area contributed by atoms with Gasteiger partial charge in [-0.05, 0) is 12.5 Å². The number of amides is 2. The highest BCUT2D eigenvalue weighted by Gasteiger charge is 2.41. The molecule has 0 aliphatic carbocycles. The molecule has 0 N–H and O–H groups in total. The van der Waals surface area contributed by atoms with Gasteiger partial charge in [-0.2, -0.15) is 0 Å². The van der Waals surface area contributed by atoms with Gasteiger partial charge in [0.2, 0.25) is 0 Å². The van der Waals surface area contributed by atoms with Gasteiger partial charge < -0.3 is 4.90 Å². The summed E-state index contributed by atoms with van der Waals surface area (Å²) in [6.07, 6.45) is 5.40. The van der Waals surface area contributed by atoms with Crippen LogP contribution in [0.15, 0.2) is 30.3 Å². The molecule has 2 rings (SSSR count). The number of urea groups is 1. The fourth-order valence-electron chi connectivity index (χ4n) is 2.10. The lowest BCUT2D eigenvalue weighted by Gasteiger charge is -2.21. The SMILES string of the molecule is C#CN1C(=O)N(C)[C@@H](C)[C@H]1c1ccccc1. The Morgan fingerprint density at radius 2 is 1.94 bits per heavy atom. The van der Waals surface area contributed by atoms with Crippen LogP contribution < -0.4 is 0 Å². The van der Waals surface area contributed by atoms with Crippen LogP contribution in [0.2, 0.25) is 0 Å². The molecule has 0 saturated carbocycles. The Bertz CT molecular complexity index is 435. The summed E-state index contributed by atoms with van der Waals surface area (Å²) in [6.45, 7) is 2.01. The van der Waals surface area contributed by atoms with Crippen LogP contribution in [0.25, 0.3) is 0 Å². The Morgan fingerprint density at radius 1 is 1.31 bits per heavy atom. The molecule has 0 unspecified atom stereocenters. The topological polar surface area (TPSA) is 23.6 Å². The van der Waals surface area contributed by atoms with Crippen molar-refractivity contribution < 1.29 is 4.79 Å². The second kappa shape index (κ2) is 3.90. The zero-order valence-corrected chi connectivity index (χ0v) is 9.42. The third-order valence-corrected chi connectivity index (χ3v) is 3.13. The molecule has 1 saturated heterocycles. The fraction of sp³-hybridized carbons (Fsp3) is 0.308. The van der Waals surface area contributed by atoms with E-state index in [4.69, 9.17) is 6.42 Å². The monoisotopic (exact) mass is 214 g/mol. The van der Waals surface area contributed by atoms with E-state index in [-0.39, 0.29) is 18.1 Å². The average Bonchev–Trinajstić information content (AvgIpc) is 2.54. The van der Waals surface area contributed by atoms with Crippen molar-refractivity contribution in [2.24, 2.45) is 0 Å². The van der Waals surface area contributed by atoms with Crippen LogP contribution in [0.4, 0.5) is 4.79 Å². The Morgan fingerprint density at radius 3 is 2.50 bits per heavy atom. The summed E-state index contributed by atoms with van der Waals surface area (Å²) in [7, 11) is 1.78. The summed E-state index contributed by atoms with van der Waals surface area (Å²) >= 11 is 0. The maximum absolute atomic E-state index is 11.8. The average molecular weight is 214 g/mol. The first-order valence-corrected chi connectivity index (χ1v) is 5.24. The predicted octanol–water partition coefficient (Wildman–Crippen LogP) is 2.07. The number of hydrogen-bond acceptors (Lipinski definition) is 1. The van der Waals surface area contributed by atoms with E-state index in [1.807, 2.05) is 37.3 Å². The van der Waals surface area contributed by atoms with Crippen LogP contribution in [0.1, 0.15) is 18.5 Å². The van der Waals surface area contributed by atoms with E-state index in [0.717, 1.165) is 5.56 Å². The zero-order chi connectivity index (χ0) is 11.7. The maximum Gasteiger partial charge on any atom is 0.332 e. The molecule has 2 atom stereocenters. The number of carbonyl (C=O) groups is 1. The predicted molar refractivity (Wildman–Crippen MR) is 62.5 cm³/mol. The van der Waals surface area contributed by atoms with Crippen molar-refractivity contribution in [3.63, 3.8) is 0 Å². The van der Waals surface area contributed by atoms with Crippen LogP contribution in [0, 0.1) is 12.5 Å². The quantitative estimate of drug-likeness (QED) is 0.656. The third-order valence-electron chi connectivity index (χ3n) is 3.13. The summed E-state index contributed by atoms with van der Waals surface area (Å²) in [5.41, 5.74) is 1.07. The molecule has 2 amide bonds. The molecule has 1 aromatic rings. The molecule has 0 spiro atoms. The van der Waals surface area contributed by atoms with E-state index >= 15 is 0 Å². The lowest BCUT2D eigenvalue weighted by molar-refractivity contribution is 0.206. The third kappa shape index (κ3) is 1.43. The molecule has 1 aromatic carbocycles. The van der Waals surface area contributed by atoms with Crippen LogP contribution in [0.3, 0.4) is 0 Å². The number of nitrogens with zero attached hydrogens (tertiary/aromatic N) is 2. The highest BCUT2D eigenvalue weighted by atomic mass is 16.2. The van der Waals surface area contributed by atoms with Crippen LogP contribution in [0.5, 0.6) is 0 Å². The Balaban J connectivity index is 2.41. The van der Waals surface area contributed by atoms with Gasteiger partial charge in [-0.3, -0.25) is 0 Å². The first-order chi connectivity index (χ1) is 7.66. The van der Waals surface area contributed by atoms with Crippen LogP contribution >= 0.6 is 0 Å². The second-order valence-electron chi connectivity index (χ2n) is 3.99. The zero-order valence-electron chi connectivity index (χ0n) is 9.42. The lowest BCUT2D eigenvalue weighted by Crippen LogP contribution is -2.28. The lowest BCUT2D eigenvalue weighted by atomic mass is 10.0. The van der Waals surface area contributed by atoms with Crippen molar-refractivity contribution in [3.05, 3.63) is 35.9 Å². The van der Waals surface area contributed by atoms with Gasteiger partial charge in [0, 0.05) is 13.1 Å². The van der Waals surface area contributed by atoms with Gasteiger partial charge >= 0.3 is 6.03 Å². The van der Waals surface area contributed by atoms with Crippen molar-refractivity contribution in [1.82, 2.24) is 9.80 Å². The highest BCUT2D eigenvalue weighted by molar-refractivity contribution is 5.79. The number of benzene rings is 1. The van der Waals surface area contributed by atoms with Crippen molar-refractivity contribution >= 4 is 6.03 Å². The van der Waals surface area contributed by atoms with E-state index in [9.17, 15) is 4.79 Å². The first-order valence-electron chi connectivity index (χ1n) is 5.24. The van der Waals surface area contributed by atoms with E-state index in [1.165, 1.54) is 4.90 Å². The van der Waals surface area contributed by atoms with E-state index in [2.05, 4.69) is 6.04 Å². The molecule has 3 nitrogen and oxygen atoms in total. The van der Waals surface area contributed by atoms with Crippen molar-refractivity contribution in [2.75, 3.05) is 7.05 Å². The molecule has 1 heterocycles. The van der Waals surface area contributed by atoms with Gasteiger partial charge in [0.05, 0.1) is 12.1 Å². The molecule has 1 fully saturated rings. The van der Waals surface area contributed by atoms with E-state index < -0.39 is 0 Å². The first kappa shape index (κ1) is 10.6. The minimum atomic E-state index is -0.108. The molecule has 0 radical (unpaired) electrons. The van der Waals surface area contributed by atoms with Crippen LogP contribution in [-0.2, 0) is 0 Å². The Labute approximate surface area is 95.7 Å². The number of rotatable bonds is 1. The van der Waals surface area contributed by atoms with Gasteiger partial charge in [-0.15, -0.1) is 0 Å². The fourth-order valence-corrected chi connectivity index (χ4v) is 2.10. The number of terminal acetylenes is 1. The largest absolute Gasteiger partial charge is 0.332 e. The highest BCUT2D eigenvalue weighted by Crippen LogP contribution is 2.33. The number of hydrogen-bond donors (Lipinski definition) is 0. The van der Waals surface area contributed by atoms with E-state index in [0.29, 0.717) is 0 Å². The van der Waals surface area contributed by atoms with Gasteiger partial charge in [0.25, 0.3) is 0 Å². The molecular weight excluding hydrogens is 200 g/mol. The van der Waals surface area contributed by atoms with Crippen molar-refractivity contribution in [3.8, 4) is 12.5 Å². The van der Waals surface area contributed by atoms with Gasteiger partial charge in [0.15, 0.2) is 0 Å². The summed E-state index contributed by atoms with van der Waals surface area (Å²) in [5.74, 6) is 0. The van der Waals surface area contributed by atoms with Gasteiger partial charge in [-0.1, -0.05) is 36.8 Å². The maximum atomic E-state index is 11.8. The molecule has 3 heteroatoms.